The molecule has 0 aliphatic rings. The molecule has 0 aliphatic heterocycles. The van der Waals surface area contributed by atoms with E-state index in [1.165, 1.54) is 23.4 Å². The number of benzene rings is 1. The fraction of sp³-hybridized carbons (Fsp3) is 0.545. The maximum atomic E-state index is 12.9. The molecule has 29 heavy (non-hydrogen) atoms. The molecular formula is C22H34FN5O. The number of guanidine groups is 1. The first-order valence-electron chi connectivity index (χ1n) is 10.3. The molecule has 0 fully saturated rings. The summed E-state index contributed by atoms with van der Waals surface area (Å²) >= 11 is 0. The Morgan fingerprint density at radius 3 is 2.59 bits per heavy atom. The smallest absolute Gasteiger partial charge is 0.191 e. The van der Waals surface area contributed by atoms with Gasteiger partial charge in [-0.15, -0.1) is 0 Å². The SMILES string of the molecule is CCNC(=NCCCCOc1ccc(F)cc1)NC(C)Cc1c(C)nn(C)c1C. The third-order valence-corrected chi connectivity index (χ3v) is 4.80. The van der Waals surface area contributed by atoms with E-state index in [2.05, 4.69) is 48.4 Å². The van der Waals surface area contributed by atoms with Crippen LogP contribution in [0.1, 0.15) is 43.6 Å². The van der Waals surface area contributed by atoms with Crippen LogP contribution in [0.4, 0.5) is 4.39 Å². The Morgan fingerprint density at radius 2 is 1.97 bits per heavy atom. The lowest BCUT2D eigenvalue weighted by atomic mass is 10.1. The maximum absolute atomic E-state index is 12.9. The van der Waals surface area contributed by atoms with E-state index >= 15 is 0 Å². The highest BCUT2D eigenvalue weighted by Crippen LogP contribution is 2.14. The molecule has 6 nitrogen and oxygen atoms in total. The van der Waals surface area contributed by atoms with E-state index in [-0.39, 0.29) is 11.9 Å². The van der Waals surface area contributed by atoms with Gasteiger partial charge in [-0.05, 0) is 76.8 Å². The Labute approximate surface area is 173 Å². The van der Waals surface area contributed by atoms with Crippen molar-refractivity contribution in [2.24, 2.45) is 12.0 Å². The third kappa shape index (κ3) is 7.40. The molecule has 1 aromatic carbocycles. The summed E-state index contributed by atoms with van der Waals surface area (Å²) in [5.74, 6) is 1.27. The standard InChI is InChI=1S/C22H34FN5O/c1-6-24-22(26-16(2)15-21-17(3)27-28(5)18(21)4)25-13-7-8-14-29-20-11-9-19(23)10-12-20/h9-12,16H,6-8,13-15H2,1-5H3,(H2,24,25,26). The summed E-state index contributed by atoms with van der Waals surface area (Å²) in [5, 5.41) is 11.3. The number of aryl methyl sites for hydroxylation is 2. The van der Waals surface area contributed by atoms with Gasteiger partial charge in [-0.3, -0.25) is 9.67 Å². The van der Waals surface area contributed by atoms with E-state index in [4.69, 9.17) is 4.74 Å². The molecule has 2 N–H and O–H groups in total. The van der Waals surface area contributed by atoms with E-state index < -0.39 is 0 Å². The summed E-state index contributed by atoms with van der Waals surface area (Å²) in [4.78, 5) is 4.67. The van der Waals surface area contributed by atoms with Gasteiger partial charge in [0.05, 0.1) is 12.3 Å². The van der Waals surface area contributed by atoms with Crippen molar-refractivity contribution in [2.45, 2.75) is 53.0 Å². The van der Waals surface area contributed by atoms with Gasteiger partial charge in [0.2, 0.25) is 0 Å². The summed E-state index contributed by atoms with van der Waals surface area (Å²) in [6.45, 7) is 10.5. The molecule has 1 unspecified atom stereocenters. The molecule has 0 spiro atoms. The maximum Gasteiger partial charge on any atom is 0.191 e. The Balaban J connectivity index is 1.75. The fourth-order valence-electron chi connectivity index (χ4n) is 3.15. The second-order valence-corrected chi connectivity index (χ2v) is 7.29. The second-order valence-electron chi connectivity index (χ2n) is 7.29. The number of nitrogens with zero attached hydrogens (tertiary/aromatic N) is 3. The quantitative estimate of drug-likeness (QED) is 0.362. The molecule has 0 aliphatic carbocycles. The largest absolute Gasteiger partial charge is 0.494 e. The van der Waals surface area contributed by atoms with Crippen LogP contribution in [-0.4, -0.2) is 41.5 Å². The van der Waals surface area contributed by atoms with Gasteiger partial charge in [-0.1, -0.05) is 0 Å². The third-order valence-electron chi connectivity index (χ3n) is 4.80. The van der Waals surface area contributed by atoms with Gasteiger partial charge >= 0.3 is 0 Å². The van der Waals surface area contributed by atoms with Crippen LogP contribution < -0.4 is 15.4 Å². The minimum absolute atomic E-state index is 0.246. The Kier molecular flexibility index (Phi) is 8.96. The van der Waals surface area contributed by atoms with Crippen LogP contribution in [0.15, 0.2) is 29.3 Å². The van der Waals surface area contributed by atoms with Crippen LogP contribution in [0.2, 0.25) is 0 Å². The number of aliphatic imine (C=N–C) groups is 1. The monoisotopic (exact) mass is 403 g/mol. The van der Waals surface area contributed by atoms with Crippen molar-refractivity contribution >= 4 is 5.96 Å². The van der Waals surface area contributed by atoms with Crippen molar-refractivity contribution < 1.29 is 9.13 Å². The second kappa shape index (κ2) is 11.4. The average molecular weight is 404 g/mol. The Bertz CT molecular complexity index is 785. The van der Waals surface area contributed by atoms with E-state index in [1.54, 1.807) is 12.1 Å². The fourth-order valence-corrected chi connectivity index (χ4v) is 3.15. The Morgan fingerprint density at radius 1 is 1.24 bits per heavy atom. The molecule has 1 heterocycles. The highest BCUT2D eigenvalue weighted by Gasteiger charge is 2.13. The molecule has 7 heteroatoms. The van der Waals surface area contributed by atoms with Crippen molar-refractivity contribution in [1.29, 1.82) is 0 Å². The minimum Gasteiger partial charge on any atom is -0.494 e. The molecule has 0 saturated heterocycles. The topological polar surface area (TPSA) is 63.5 Å². The van der Waals surface area contributed by atoms with Crippen LogP contribution in [0, 0.1) is 19.7 Å². The summed E-state index contributed by atoms with van der Waals surface area (Å²) in [5.41, 5.74) is 3.59. The van der Waals surface area contributed by atoms with E-state index in [9.17, 15) is 4.39 Å². The summed E-state index contributed by atoms with van der Waals surface area (Å²) < 4.78 is 20.4. The molecule has 0 amide bonds. The average Bonchev–Trinajstić information content (AvgIpc) is 2.92. The van der Waals surface area contributed by atoms with E-state index in [1.807, 2.05) is 11.7 Å². The molecule has 1 aromatic heterocycles. The summed E-state index contributed by atoms with van der Waals surface area (Å²) in [6.07, 6.45) is 2.72. The molecule has 2 aromatic rings. The number of hydrogen-bond donors (Lipinski definition) is 2. The molecule has 0 radical (unpaired) electrons. The van der Waals surface area contributed by atoms with Crippen LogP contribution in [0.25, 0.3) is 0 Å². The number of unbranched alkanes of at least 4 members (excludes halogenated alkanes) is 1. The number of nitrogens with one attached hydrogen (secondary N) is 2. The van der Waals surface area contributed by atoms with Crippen molar-refractivity contribution in [1.82, 2.24) is 20.4 Å². The predicted molar refractivity (Wildman–Crippen MR) is 116 cm³/mol. The lowest BCUT2D eigenvalue weighted by Gasteiger charge is -2.18. The zero-order chi connectivity index (χ0) is 21.2. The highest BCUT2D eigenvalue weighted by molar-refractivity contribution is 5.80. The lowest BCUT2D eigenvalue weighted by Crippen LogP contribution is -2.43. The zero-order valence-corrected chi connectivity index (χ0v) is 18.3. The van der Waals surface area contributed by atoms with Gasteiger partial charge in [-0.2, -0.15) is 5.10 Å². The first kappa shape index (κ1) is 22.7. The molecule has 0 saturated carbocycles. The number of rotatable bonds is 10. The van der Waals surface area contributed by atoms with Gasteiger partial charge in [0.25, 0.3) is 0 Å². The van der Waals surface area contributed by atoms with Crippen LogP contribution in [0.5, 0.6) is 5.75 Å². The minimum atomic E-state index is -0.252. The van der Waals surface area contributed by atoms with Gasteiger partial charge in [-0.25, -0.2) is 4.39 Å². The van der Waals surface area contributed by atoms with Crippen molar-refractivity contribution in [3.8, 4) is 5.75 Å². The van der Waals surface area contributed by atoms with Crippen LogP contribution in [0.3, 0.4) is 0 Å². The first-order valence-corrected chi connectivity index (χ1v) is 10.3. The van der Waals surface area contributed by atoms with Crippen molar-refractivity contribution in [3.63, 3.8) is 0 Å². The normalized spacial score (nSPS) is 12.7. The van der Waals surface area contributed by atoms with Crippen molar-refractivity contribution in [3.05, 3.63) is 47.0 Å². The zero-order valence-electron chi connectivity index (χ0n) is 18.3. The first-order chi connectivity index (χ1) is 13.9. The highest BCUT2D eigenvalue weighted by atomic mass is 19.1. The van der Waals surface area contributed by atoms with Crippen LogP contribution in [-0.2, 0) is 13.5 Å². The van der Waals surface area contributed by atoms with Crippen molar-refractivity contribution in [2.75, 3.05) is 19.7 Å². The van der Waals surface area contributed by atoms with Gasteiger partial charge in [0.15, 0.2) is 5.96 Å². The van der Waals surface area contributed by atoms with Gasteiger partial charge in [0.1, 0.15) is 11.6 Å². The number of hydrogen-bond acceptors (Lipinski definition) is 3. The molecule has 0 bridgehead atoms. The molecule has 2 rings (SSSR count). The molecule has 160 valence electrons. The number of ether oxygens (including phenoxy) is 1. The number of aromatic nitrogens is 2. The van der Waals surface area contributed by atoms with E-state index in [0.29, 0.717) is 12.4 Å². The molecule has 1 atom stereocenters. The van der Waals surface area contributed by atoms with E-state index in [0.717, 1.165) is 44.0 Å². The van der Waals surface area contributed by atoms with Crippen LogP contribution >= 0.6 is 0 Å². The Hall–Kier alpha value is -2.57. The predicted octanol–water partition coefficient (Wildman–Crippen LogP) is 3.52. The summed E-state index contributed by atoms with van der Waals surface area (Å²) in [6, 6.07) is 6.35. The number of halogens is 1. The lowest BCUT2D eigenvalue weighted by molar-refractivity contribution is 0.307. The molecular weight excluding hydrogens is 369 g/mol. The van der Waals surface area contributed by atoms with Gasteiger partial charge in [0, 0.05) is 31.9 Å². The summed E-state index contributed by atoms with van der Waals surface area (Å²) in [7, 11) is 1.98. The van der Waals surface area contributed by atoms with Gasteiger partial charge < -0.3 is 15.4 Å².